The van der Waals surface area contributed by atoms with Crippen LogP contribution in [0.15, 0.2) is 91.0 Å². The average Bonchev–Trinajstić information content (AvgIpc) is 3.25. The molecule has 2 saturated heterocycles. The molecule has 2 heterocycles. The van der Waals surface area contributed by atoms with Crippen molar-refractivity contribution in [1.29, 1.82) is 0 Å². The number of amides is 2. The molecule has 2 bridgehead atoms. The minimum atomic E-state index is -1.23. The lowest BCUT2D eigenvalue weighted by molar-refractivity contribution is -0.156. The monoisotopic (exact) mass is 514 g/mol. The third-order valence-corrected chi connectivity index (χ3v) is 7.92. The highest BCUT2D eigenvalue weighted by Gasteiger charge is 2.54. The summed E-state index contributed by atoms with van der Waals surface area (Å²) in [5, 5.41) is 22.2. The van der Waals surface area contributed by atoms with E-state index in [1.807, 2.05) is 97.9 Å². The van der Waals surface area contributed by atoms with Crippen LogP contribution in [0.25, 0.3) is 0 Å². The first-order chi connectivity index (χ1) is 18.4. The zero-order chi connectivity index (χ0) is 26.8. The molecule has 3 aromatic carbocycles. The van der Waals surface area contributed by atoms with Gasteiger partial charge < -0.3 is 24.9 Å². The zero-order valence-corrected chi connectivity index (χ0v) is 21.7. The molecule has 8 nitrogen and oxygen atoms in total. The predicted octanol–water partition coefficient (Wildman–Crippen LogP) is 4.52. The Morgan fingerprint density at radius 1 is 0.868 bits per heavy atom. The Balaban J connectivity index is 1.44. The van der Waals surface area contributed by atoms with Gasteiger partial charge >= 0.3 is 12.0 Å². The largest absolute Gasteiger partial charge is 0.480 e. The first-order valence-electron chi connectivity index (χ1n) is 13.0. The molecule has 5 rings (SSSR count). The van der Waals surface area contributed by atoms with Crippen LogP contribution in [-0.4, -0.2) is 75.0 Å². The van der Waals surface area contributed by atoms with Crippen molar-refractivity contribution >= 4 is 23.4 Å². The fourth-order valence-electron chi connectivity index (χ4n) is 5.87. The van der Waals surface area contributed by atoms with Crippen LogP contribution >= 0.6 is 0 Å². The Morgan fingerprint density at radius 3 is 1.92 bits per heavy atom. The summed E-state index contributed by atoms with van der Waals surface area (Å²) in [6, 6.07) is 26.5. The second kappa shape index (κ2) is 10.8. The number of urea groups is 1. The molecular formula is C30H34N4O4. The van der Waals surface area contributed by atoms with Gasteiger partial charge in [0.05, 0.1) is 12.1 Å². The van der Waals surface area contributed by atoms with E-state index in [4.69, 9.17) is 0 Å². The predicted molar refractivity (Wildman–Crippen MR) is 146 cm³/mol. The molecule has 3 aromatic rings. The number of aliphatic carboxylic acids is 1. The maximum absolute atomic E-state index is 13.8. The highest BCUT2D eigenvalue weighted by Crippen LogP contribution is 2.39. The summed E-state index contributed by atoms with van der Waals surface area (Å²) in [6.45, 7) is 2.23. The van der Waals surface area contributed by atoms with Gasteiger partial charge in [0.2, 0.25) is 0 Å². The summed E-state index contributed by atoms with van der Waals surface area (Å²) in [6.07, 6.45) is 0.0243. The van der Waals surface area contributed by atoms with Crippen LogP contribution in [0.1, 0.15) is 31.4 Å². The van der Waals surface area contributed by atoms with E-state index >= 15 is 0 Å². The number of anilines is 2. The Kier molecular flexibility index (Phi) is 7.35. The van der Waals surface area contributed by atoms with E-state index < -0.39 is 24.4 Å². The Labute approximate surface area is 223 Å². The smallest absolute Gasteiger partial charge is 0.323 e. The number of piperazine rings is 1. The highest BCUT2D eigenvalue weighted by molar-refractivity contribution is 5.80. The molecular weight excluding hydrogens is 480 g/mol. The molecule has 0 spiro atoms. The Hall–Kier alpha value is -3.88. The van der Waals surface area contributed by atoms with Gasteiger partial charge in [-0.3, -0.25) is 4.79 Å². The molecule has 0 aliphatic carbocycles. The molecule has 0 saturated carbocycles. The number of nitrogens with zero attached hydrogens (tertiary/aromatic N) is 4. The molecule has 2 amide bonds. The molecule has 8 heteroatoms. The van der Waals surface area contributed by atoms with Gasteiger partial charge in [-0.1, -0.05) is 66.7 Å². The van der Waals surface area contributed by atoms with Gasteiger partial charge in [0.15, 0.2) is 6.35 Å². The van der Waals surface area contributed by atoms with Crippen LogP contribution in [0.4, 0.5) is 16.2 Å². The number of benzene rings is 3. The molecule has 0 radical (unpaired) electrons. The summed E-state index contributed by atoms with van der Waals surface area (Å²) in [5.41, 5.74) is 2.51. The van der Waals surface area contributed by atoms with Crippen molar-refractivity contribution in [2.45, 2.75) is 50.3 Å². The van der Waals surface area contributed by atoms with Gasteiger partial charge in [-0.05, 0) is 49.6 Å². The number of hydrogen-bond donors (Lipinski definition) is 2. The topological polar surface area (TPSA) is 87.6 Å². The standard InChI is InChI=1S/C30H34N4O4/c1-21(22-12-6-3-7-13-22)31(2)29(37)34-25-18-19-26(34)27(28(35)36)32(20-25)30(38)33(23-14-8-4-9-15-23)24-16-10-5-11-17-24/h3-17,21,25-27,30,38H,18-20H2,1-2H3,(H,35,36)/t21-,25+,26-,27+,30?/m1/s1. The van der Waals surface area contributed by atoms with Gasteiger partial charge in [-0.25, -0.2) is 9.69 Å². The van der Waals surface area contributed by atoms with Gasteiger partial charge in [-0.15, -0.1) is 0 Å². The Bertz CT molecular complexity index is 1200. The summed E-state index contributed by atoms with van der Waals surface area (Å²) >= 11 is 0. The van der Waals surface area contributed by atoms with Crippen LogP contribution < -0.4 is 4.90 Å². The van der Waals surface area contributed by atoms with Gasteiger partial charge in [0, 0.05) is 31.0 Å². The fraction of sp³-hybridized carbons (Fsp3) is 0.333. The minimum absolute atomic E-state index is 0.165. The normalized spacial score (nSPS) is 22.5. The molecule has 2 aliphatic heterocycles. The van der Waals surface area contributed by atoms with Crippen LogP contribution in [0.5, 0.6) is 0 Å². The molecule has 198 valence electrons. The van der Waals surface area contributed by atoms with E-state index in [1.165, 1.54) is 0 Å². The summed E-state index contributed by atoms with van der Waals surface area (Å²) in [5.74, 6) is -1.05. The third kappa shape index (κ3) is 4.73. The van der Waals surface area contributed by atoms with Crippen molar-refractivity contribution in [3.8, 4) is 0 Å². The molecule has 5 atom stereocenters. The van der Waals surface area contributed by atoms with Crippen molar-refractivity contribution in [2.75, 3.05) is 18.5 Å². The summed E-state index contributed by atoms with van der Waals surface area (Å²) in [7, 11) is 1.77. The lowest BCUT2D eigenvalue weighted by atomic mass is 10.0. The Morgan fingerprint density at radius 2 is 1.39 bits per heavy atom. The molecule has 38 heavy (non-hydrogen) atoms. The zero-order valence-electron chi connectivity index (χ0n) is 21.7. The number of carboxylic acid groups (broad SMARTS) is 1. The first kappa shape index (κ1) is 25.8. The van der Waals surface area contributed by atoms with E-state index in [0.29, 0.717) is 12.8 Å². The SMILES string of the molecule is C[C@H](c1ccccc1)N(C)C(=O)N1[C@H]2CC[C@@H]1[C@@H](C(=O)O)N(C(O)N(c1ccccc1)c1ccccc1)C2. The summed E-state index contributed by atoms with van der Waals surface area (Å²) < 4.78 is 0. The average molecular weight is 515 g/mol. The number of para-hydroxylation sites is 2. The number of carboxylic acids is 1. The van der Waals surface area contributed by atoms with Crippen molar-refractivity contribution in [3.05, 3.63) is 96.6 Å². The van der Waals surface area contributed by atoms with Crippen molar-refractivity contribution in [1.82, 2.24) is 14.7 Å². The molecule has 2 aliphatic rings. The number of aliphatic hydroxyl groups is 1. The number of hydrogen-bond acceptors (Lipinski definition) is 5. The van der Waals surface area contributed by atoms with Gasteiger partial charge in [-0.2, -0.15) is 0 Å². The van der Waals surface area contributed by atoms with E-state index in [2.05, 4.69) is 0 Å². The fourth-order valence-corrected chi connectivity index (χ4v) is 5.87. The molecule has 2 fully saturated rings. The van der Waals surface area contributed by atoms with Gasteiger partial charge in [0.25, 0.3) is 0 Å². The number of rotatable bonds is 7. The molecule has 1 unspecified atom stereocenters. The lowest BCUT2D eigenvalue weighted by Gasteiger charge is -2.49. The maximum Gasteiger partial charge on any atom is 0.323 e. The van der Waals surface area contributed by atoms with Crippen molar-refractivity contribution in [2.24, 2.45) is 0 Å². The van der Waals surface area contributed by atoms with Crippen LogP contribution in [-0.2, 0) is 4.79 Å². The maximum atomic E-state index is 13.8. The number of fused-ring (bicyclic) bond motifs is 2. The third-order valence-electron chi connectivity index (χ3n) is 7.92. The van der Waals surface area contributed by atoms with Gasteiger partial charge in [0.1, 0.15) is 6.04 Å². The second-order valence-corrected chi connectivity index (χ2v) is 10.1. The number of aliphatic hydroxyl groups excluding tert-OH is 1. The summed E-state index contributed by atoms with van der Waals surface area (Å²) in [4.78, 5) is 33.3. The van der Waals surface area contributed by atoms with E-state index in [0.717, 1.165) is 16.9 Å². The molecule has 0 aromatic heterocycles. The number of carbonyl (C=O) groups excluding carboxylic acids is 1. The molecule has 2 N–H and O–H groups in total. The lowest BCUT2D eigenvalue weighted by Crippen LogP contribution is -2.68. The number of carbonyl (C=O) groups is 2. The van der Waals surface area contributed by atoms with E-state index in [1.54, 1.807) is 26.6 Å². The van der Waals surface area contributed by atoms with E-state index in [9.17, 15) is 19.8 Å². The van der Waals surface area contributed by atoms with Crippen molar-refractivity contribution < 1.29 is 19.8 Å². The quantitative estimate of drug-likeness (QED) is 0.451. The second-order valence-electron chi connectivity index (χ2n) is 10.1. The van der Waals surface area contributed by atoms with Crippen LogP contribution in [0.3, 0.4) is 0 Å². The first-order valence-corrected chi connectivity index (χ1v) is 13.0. The van der Waals surface area contributed by atoms with E-state index in [-0.39, 0.29) is 24.7 Å². The van der Waals surface area contributed by atoms with Crippen LogP contribution in [0, 0.1) is 0 Å². The highest BCUT2D eigenvalue weighted by atomic mass is 16.4. The number of likely N-dealkylation sites (tertiary alicyclic amines) is 1. The van der Waals surface area contributed by atoms with Crippen molar-refractivity contribution in [3.63, 3.8) is 0 Å². The van der Waals surface area contributed by atoms with Crippen LogP contribution in [0.2, 0.25) is 0 Å². The minimum Gasteiger partial charge on any atom is -0.480 e.